The lowest BCUT2D eigenvalue weighted by molar-refractivity contribution is 0.174. The van der Waals surface area contributed by atoms with Crippen LogP contribution in [0.25, 0.3) is 0 Å². The van der Waals surface area contributed by atoms with E-state index in [1.165, 1.54) is 0 Å². The fourth-order valence-corrected chi connectivity index (χ4v) is 2.28. The lowest BCUT2D eigenvalue weighted by Gasteiger charge is -2.32. The molecular formula is C14H21N3O. The lowest BCUT2D eigenvalue weighted by Crippen LogP contribution is -2.50. The molecule has 1 aliphatic rings. The zero-order chi connectivity index (χ0) is 12.8. The number of benzene rings is 1. The van der Waals surface area contributed by atoms with Crippen LogP contribution < -0.4 is 10.6 Å². The first-order valence-corrected chi connectivity index (χ1v) is 6.53. The maximum absolute atomic E-state index is 12.0. The van der Waals surface area contributed by atoms with E-state index in [0.717, 1.165) is 31.5 Å². The Morgan fingerprint density at radius 3 is 2.89 bits per heavy atom. The molecule has 0 saturated carbocycles. The number of likely N-dealkylation sites (tertiary alicyclic amines) is 1. The van der Waals surface area contributed by atoms with Gasteiger partial charge >= 0.3 is 6.03 Å². The minimum atomic E-state index is 0.0406. The smallest absolute Gasteiger partial charge is 0.317 e. The van der Waals surface area contributed by atoms with Gasteiger partial charge in [0.1, 0.15) is 0 Å². The zero-order valence-corrected chi connectivity index (χ0v) is 10.9. The number of likely N-dealkylation sites (N-methyl/N-ethyl adjacent to an activating group) is 1. The predicted molar refractivity (Wildman–Crippen MR) is 72.3 cm³/mol. The predicted octanol–water partition coefficient (Wildman–Crippen LogP) is 1.58. The van der Waals surface area contributed by atoms with Crippen molar-refractivity contribution in [2.75, 3.05) is 20.1 Å². The van der Waals surface area contributed by atoms with Crippen LogP contribution in [0, 0.1) is 0 Å². The van der Waals surface area contributed by atoms with E-state index in [1.54, 1.807) is 0 Å². The van der Waals surface area contributed by atoms with Crippen LogP contribution in [0.1, 0.15) is 18.4 Å². The van der Waals surface area contributed by atoms with Crippen molar-refractivity contribution in [3.05, 3.63) is 35.9 Å². The number of rotatable bonds is 3. The standard InChI is InChI=1S/C14H21N3O/c1-15-13-8-5-9-17(11-13)14(18)16-10-12-6-3-2-4-7-12/h2-4,6-7,13,15H,5,8-11H2,1H3,(H,16,18). The third kappa shape index (κ3) is 3.47. The number of nitrogens with one attached hydrogen (secondary N) is 2. The molecule has 1 atom stereocenters. The van der Waals surface area contributed by atoms with Gasteiger partial charge in [0.25, 0.3) is 0 Å². The summed E-state index contributed by atoms with van der Waals surface area (Å²) in [6.45, 7) is 2.26. The number of hydrogen-bond donors (Lipinski definition) is 2. The Balaban J connectivity index is 1.81. The van der Waals surface area contributed by atoms with Crippen LogP contribution >= 0.6 is 0 Å². The summed E-state index contributed by atoms with van der Waals surface area (Å²) in [5.74, 6) is 0. The molecule has 1 aliphatic heterocycles. The monoisotopic (exact) mass is 247 g/mol. The second kappa shape index (κ2) is 6.40. The number of nitrogens with zero attached hydrogens (tertiary/aromatic N) is 1. The highest BCUT2D eigenvalue weighted by atomic mass is 16.2. The highest BCUT2D eigenvalue weighted by Gasteiger charge is 2.21. The molecule has 0 aromatic heterocycles. The van der Waals surface area contributed by atoms with E-state index in [2.05, 4.69) is 10.6 Å². The van der Waals surface area contributed by atoms with Gasteiger partial charge in [0.15, 0.2) is 0 Å². The Morgan fingerprint density at radius 2 is 2.17 bits per heavy atom. The van der Waals surface area contributed by atoms with Gasteiger partial charge in [-0.2, -0.15) is 0 Å². The summed E-state index contributed by atoms with van der Waals surface area (Å²) in [5.41, 5.74) is 1.13. The first-order valence-electron chi connectivity index (χ1n) is 6.53. The molecule has 1 fully saturated rings. The summed E-state index contributed by atoms with van der Waals surface area (Å²) in [6, 6.07) is 10.5. The van der Waals surface area contributed by atoms with Gasteiger partial charge in [0, 0.05) is 25.7 Å². The molecule has 2 rings (SSSR count). The number of carbonyl (C=O) groups is 1. The van der Waals surface area contributed by atoms with E-state index in [9.17, 15) is 4.79 Å². The first kappa shape index (κ1) is 12.9. The van der Waals surface area contributed by atoms with Crippen molar-refractivity contribution in [1.82, 2.24) is 15.5 Å². The highest BCUT2D eigenvalue weighted by Crippen LogP contribution is 2.09. The number of urea groups is 1. The second-order valence-electron chi connectivity index (χ2n) is 4.72. The third-order valence-electron chi connectivity index (χ3n) is 3.40. The molecule has 2 amide bonds. The van der Waals surface area contributed by atoms with Crippen molar-refractivity contribution in [3.63, 3.8) is 0 Å². The second-order valence-corrected chi connectivity index (χ2v) is 4.72. The summed E-state index contributed by atoms with van der Waals surface area (Å²) in [4.78, 5) is 13.9. The lowest BCUT2D eigenvalue weighted by atomic mass is 10.1. The van der Waals surface area contributed by atoms with E-state index in [-0.39, 0.29) is 6.03 Å². The maximum atomic E-state index is 12.0. The SMILES string of the molecule is CNC1CCCN(C(=O)NCc2ccccc2)C1. The Kier molecular flexibility index (Phi) is 4.59. The van der Waals surface area contributed by atoms with Crippen LogP contribution in [-0.4, -0.2) is 37.1 Å². The van der Waals surface area contributed by atoms with E-state index < -0.39 is 0 Å². The Labute approximate surface area is 108 Å². The van der Waals surface area contributed by atoms with Crippen LogP contribution in [0.2, 0.25) is 0 Å². The van der Waals surface area contributed by atoms with E-state index >= 15 is 0 Å². The summed E-state index contributed by atoms with van der Waals surface area (Å²) in [7, 11) is 1.95. The van der Waals surface area contributed by atoms with Crippen LogP contribution in [0.15, 0.2) is 30.3 Å². The van der Waals surface area contributed by atoms with E-state index in [0.29, 0.717) is 12.6 Å². The molecule has 4 nitrogen and oxygen atoms in total. The van der Waals surface area contributed by atoms with Crippen LogP contribution in [0.5, 0.6) is 0 Å². The average molecular weight is 247 g/mol. The molecule has 4 heteroatoms. The van der Waals surface area contributed by atoms with Crippen LogP contribution in [0.4, 0.5) is 4.79 Å². The van der Waals surface area contributed by atoms with Gasteiger partial charge < -0.3 is 15.5 Å². The molecule has 0 bridgehead atoms. The average Bonchev–Trinajstić information content (AvgIpc) is 2.46. The number of carbonyl (C=O) groups excluding carboxylic acids is 1. The Hall–Kier alpha value is -1.55. The van der Waals surface area contributed by atoms with Crippen molar-refractivity contribution < 1.29 is 4.79 Å². The van der Waals surface area contributed by atoms with Gasteiger partial charge in [0.2, 0.25) is 0 Å². The molecule has 1 aromatic carbocycles. The molecule has 1 saturated heterocycles. The van der Waals surface area contributed by atoms with Gasteiger partial charge in [-0.3, -0.25) is 0 Å². The molecule has 0 spiro atoms. The van der Waals surface area contributed by atoms with Crippen molar-refractivity contribution in [1.29, 1.82) is 0 Å². The number of hydrogen-bond acceptors (Lipinski definition) is 2. The number of amides is 2. The molecule has 98 valence electrons. The van der Waals surface area contributed by atoms with Gasteiger partial charge in [-0.25, -0.2) is 4.79 Å². The summed E-state index contributed by atoms with van der Waals surface area (Å²) < 4.78 is 0. The zero-order valence-electron chi connectivity index (χ0n) is 10.9. The third-order valence-corrected chi connectivity index (χ3v) is 3.40. The first-order chi connectivity index (χ1) is 8.79. The van der Waals surface area contributed by atoms with Crippen molar-refractivity contribution >= 4 is 6.03 Å². The topological polar surface area (TPSA) is 44.4 Å². The molecule has 1 aromatic rings. The molecular weight excluding hydrogens is 226 g/mol. The fourth-order valence-electron chi connectivity index (χ4n) is 2.28. The minimum absolute atomic E-state index is 0.0406. The summed E-state index contributed by atoms with van der Waals surface area (Å²) >= 11 is 0. The molecule has 0 aliphatic carbocycles. The van der Waals surface area contributed by atoms with Gasteiger partial charge in [-0.15, -0.1) is 0 Å². The van der Waals surface area contributed by atoms with Gasteiger partial charge in [-0.1, -0.05) is 30.3 Å². The molecule has 1 heterocycles. The van der Waals surface area contributed by atoms with Crippen LogP contribution in [0.3, 0.4) is 0 Å². The van der Waals surface area contributed by atoms with E-state index in [4.69, 9.17) is 0 Å². The van der Waals surface area contributed by atoms with Gasteiger partial charge in [0.05, 0.1) is 0 Å². The summed E-state index contributed by atoms with van der Waals surface area (Å²) in [5, 5.41) is 6.21. The minimum Gasteiger partial charge on any atom is -0.334 e. The Morgan fingerprint density at radius 1 is 1.39 bits per heavy atom. The molecule has 2 N–H and O–H groups in total. The maximum Gasteiger partial charge on any atom is 0.317 e. The normalized spacial score (nSPS) is 19.6. The molecule has 18 heavy (non-hydrogen) atoms. The molecule has 1 unspecified atom stereocenters. The molecule has 0 radical (unpaired) electrons. The van der Waals surface area contributed by atoms with E-state index in [1.807, 2.05) is 42.3 Å². The fraction of sp³-hybridized carbons (Fsp3) is 0.500. The van der Waals surface area contributed by atoms with Crippen molar-refractivity contribution in [3.8, 4) is 0 Å². The summed E-state index contributed by atoms with van der Waals surface area (Å²) in [6.07, 6.45) is 2.23. The Bertz CT molecular complexity index is 380. The highest BCUT2D eigenvalue weighted by molar-refractivity contribution is 5.74. The van der Waals surface area contributed by atoms with Crippen molar-refractivity contribution in [2.24, 2.45) is 0 Å². The van der Waals surface area contributed by atoms with Crippen LogP contribution in [-0.2, 0) is 6.54 Å². The van der Waals surface area contributed by atoms with Gasteiger partial charge in [-0.05, 0) is 25.5 Å². The number of piperidine rings is 1. The largest absolute Gasteiger partial charge is 0.334 e. The quantitative estimate of drug-likeness (QED) is 0.851. The van der Waals surface area contributed by atoms with Crippen molar-refractivity contribution in [2.45, 2.75) is 25.4 Å².